The second-order valence-electron chi connectivity index (χ2n) is 6.54. The number of pyridine rings is 1. The summed E-state index contributed by atoms with van der Waals surface area (Å²) in [5, 5.41) is 29.4. The lowest BCUT2D eigenvalue weighted by atomic mass is 10.1. The number of carboxylic acid groups (broad SMARTS) is 1. The summed E-state index contributed by atoms with van der Waals surface area (Å²) in [6.07, 6.45) is 1.37. The quantitative estimate of drug-likeness (QED) is 0.211. The zero-order valence-electron chi connectivity index (χ0n) is 16.7. The molecule has 33 heavy (non-hydrogen) atoms. The number of H-pyrrole nitrogens is 1. The molecule has 2 aromatic rings. The Kier molecular flexibility index (Phi) is 6.81. The fraction of sp³-hybridized carbons (Fsp3) is 0.250. The number of aromatic nitrogens is 5. The van der Waals surface area contributed by atoms with Crippen molar-refractivity contribution in [1.82, 2.24) is 36.2 Å². The van der Waals surface area contributed by atoms with E-state index in [0.717, 1.165) is 0 Å². The molecule has 1 aliphatic heterocycles. The molecule has 4 amide bonds. The lowest BCUT2D eigenvalue weighted by Crippen LogP contribution is -2.53. The van der Waals surface area contributed by atoms with Crippen LogP contribution in [0.3, 0.4) is 0 Å². The van der Waals surface area contributed by atoms with Crippen LogP contribution in [0.15, 0.2) is 28.3 Å². The van der Waals surface area contributed by atoms with Crippen LogP contribution in [-0.4, -0.2) is 78.4 Å². The van der Waals surface area contributed by atoms with Crippen LogP contribution in [0.5, 0.6) is 0 Å². The van der Waals surface area contributed by atoms with E-state index < -0.39 is 35.9 Å². The van der Waals surface area contributed by atoms with Crippen LogP contribution in [0.1, 0.15) is 22.7 Å². The van der Waals surface area contributed by atoms with E-state index >= 15 is 0 Å². The largest absolute Gasteiger partial charge is 0.480 e. The minimum Gasteiger partial charge on any atom is -0.480 e. The Labute approximate surface area is 184 Å². The molecule has 2 atom stereocenters. The first kappa shape index (κ1) is 22.7. The van der Waals surface area contributed by atoms with E-state index in [1.807, 2.05) is 0 Å². The number of carbonyl (C=O) groups excluding carboxylic acids is 3. The minimum absolute atomic E-state index is 0.0302. The van der Waals surface area contributed by atoms with Gasteiger partial charge in [-0.1, -0.05) is 5.21 Å². The summed E-state index contributed by atoms with van der Waals surface area (Å²) in [6, 6.07) is -0.676. The molecule has 3 heterocycles. The maximum absolute atomic E-state index is 12.3. The van der Waals surface area contributed by atoms with E-state index in [2.05, 4.69) is 51.5 Å². The third-order valence-electron chi connectivity index (χ3n) is 4.19. The van der Waals surface area contributed by atoms with Crippen molar-refractivity contribution in [2.75, 3.05) is 5.32 Å². The van der Waals surface area contributed by atoms with Gasteiger partial charge in [0.25, 0.3) is 11.8 Å². The smallest absolute Gasteiger partial charge is 0.326 e. The van der Waals surface area contributed by atoms with Gasteiger partial charge in [0, 0.05) is 6.42 Å². The Morgan fingerprint density at radius 3 is 2.61 bits per heavy atom. The molecule has 0 saturated carbocycles. The van der Waals surface area contributed by atoms with Crippen LogP contribution in [-0.2, 0) is 16.0 Å². The summed E-state index contributed by atoms with van der Waals surface area (Å²) >= 11 is 0. The van der Waals surface area contributed by atoms with Gasteiger partial charge in [-0.2, -0.15) is 15.2 Å². The van der Waals surface area contributed by atoms with Crippen LogP contribution in [0.4, 0.5) is 10.5 Å². The molecule has 0 aliphatic carbocycles. The van der Waals surface area contributed by atoms with Gasteiger partial charge in [0.15, 0.2) is 11.9 Å². The topological polar surface area (TPSA) is 269 Å². The van der Waals surface area contributed by atoms with Crippen molar-refractivity contribution in [1.29, 1.82) is 0 Å². The van der Waals surface area contributed by atoms with Gasteiger partial charge in [0.05, 0.1) is 11.9 Å². The number of guanidine groups is 1. The normalized spacial score (nSPS) is 16.2. The van der Waals surface area contributed by atoms with Crippen LogP contribution in [0.25, 0.3) is 0 Å². The van der Waals surface area contributed by atoms with Gasteiger partial charge < -0.3 is 32.5 Å². The predicted octanol–water partition coefficient (Wildman–Crippen LogP) is -2.89. The van der Waals surface area contributed by atoms with Crippen LogP contribution in [0, 0.1) is 0 Å². The summed E-state index contributed by atoms with van der Waals surface area (Å²) in [6.45, 7) is 0. The number of urea groups is 1. The van der Waals surface area contributed by atoms with Crippen molar-refractivity contribution >= 4 is 41.3 Å². The van der Waals surface area contributed by atoms with Crippen LogP contribution < -0.4 is 27.4 Å². The SMILES string of the molecule is NC1=NC(=O)C(NC(=O)Nc2ccc(C(=O)N[C@@H](CCc3nn[nH]n3)C(=O)O)nc2)C(N)=N1. The monoisotopic (exact) mass is 458 g/mol. The number of aryl methyl sites for hydroxylation is 1. The summed E-state index contributed by atoms with van der Waals surface area (Å²) < 4.78 is 0. The predicted molar refractivity (Wildman–Crippen MR) is 110 cm³/mol. The van der Waals surface area contributed by atoms with E-state index in [0.29, 0.717) is 5.82 Å². The summed E-state index contributed by atoms with van der Waals surface area (Å²) in [5.41, 5.74) is 11.0. The fourth-order valence-electron chi connectivity index (χ4n) is 2.61. The Hall–Kier alpha value is -4.96. The number of aliphatic carboxylic acids is 1. The first-order valence-electron chi connectivity index (χ1n) is 9.24. The number of anilines is 1. The van der Waals surface area contributed by atoms with Crippen LogP contribution in [0.2, 0.25) is 0 Å². The number of nitrogens with zero attached hydrogens (tertiary/aromatic N) is 6. The lowest BCUT2D eigenvalue weighted by Gasteiger charge is -2.18. The number of carbonyl (C=O) groups is 4. The van der Waals surface area contributed by atoms with Crippen molar-refractivity contribution in [2.24, 2.45) is 21.5 Å². The maximum atomic E-state index is 12.3. The highest BCUT2D eigenvalue weighted by molar-refractivity contribution is 6.18. The van der Waals surface area contributed by atoms with Crippen molar-refractivity contribution in [2.45, 2.75) is 24.9 Å². The van der Waals surface area contributed by atoms with Gasteiger partial charge in [-0.15, -0.1) is 10.2 Å². The highest BCUT2D eigenvalue weighted by atomic mass is 16.4. The third kappa shape index (κ3) is 6.03. The molecule has 17 heteroatoms. The second-order valence-corrected chi connectivity index (χ2v) is 6.54. The molecule has 0 radical (unpaired) electrons. The van der Waals surface area contributed by atoms with Gasteiger partial charge in [-0.25, -0.2) is 14.6 Å². The average Bonchev–Trinajstić information content (AvgIpc) is 3.27. The molecule has 172 valence electrons. The molecule has 1 aliphatic rings. The summed E-state index contributed by atoms with van der Waals surface area (Å²) in [7, 11) is 0. The van der Waals surface area contributed by atoms with E-state index in [1.54, 1.807) is 0 Å². The highest BCUT2D eigenvalue weighted by Crippen LogP contribution is 2.08. The molecule has 3 rings (SSSR count). The number of rotatable bonds is 8. The molecule has 0 bridgehead atoms. The van der Waals surface area contributed by atoms with E-state index in [1.165, 1.54) is 18.3 Å². The van der Waals surface area contributed by atoms with Crippen LogP contribution >= 0.6 is 0 Å². The number of carboxylic acids is 1. The van der Waals surface area contributed by atoms with Gasteiger partial charge in [0.1, 0.15) is 17.6 Å². The third-order valence-corrected chi connectivity index (χ3v) is 4.19. The number of amidine groups is 1. The van der Waals surface area contributed by atoms with Crippen molar-refractivity contribution in [3.05, 3.63) is 29.8 Å². The number of tetrazole rings is 1. The van der Waals surface area contributed by atoms with Gasteiger partial charge in [0.2, 0.25) is 5.96 Å². The number of hydrogen-bond acceptors (Lipinski definition) is 11. The van der Waals surface area contributed by atoms with Gasteiger partial charge >= 0.3 is 12.0 Å². The maximum Gasteiger partial charge on any atom is 0.326 e. The molecular weight excluding hydrogens is 440 g/mol. The zero-order chi connectivity index (χ0) is 24.0. The standard InChI is InChI=1S/C16H18N12O5/c17-11-10(13(30)24-15(18)23-11)22-16(33)20-6-1-2-7(19-5-6)12(29)21-8(14(31)32)3-4-9-25-27-28-26-9/h1-2,5,8,10H,3-4H2,(H,21,29)(H,31,32)(H2,20,22,33)(H,25,26,27,28)(H4,17,18,23,24,30)/t8-,10?/m0/s1. The molecule has 2 aromatic heterocycles. The van der Waals surface area contributed by atoms with Crippen molar-refractivity contribution < 1.29 is 24.3 Å². The molecule has 9 N–H and O–H groups in total. The second kappa shape index (κ2) is 9.90. The number of nitrogens with two attached hydrogens (primary N) is 2. The molecule has 0 aromatic carbocycles. The highest BCUT2D eigenvalue weighted by Gasteiger charge is 2.28. The lowest BCUT2D eigenvalue weighted by molar-refractivity contribution is -0.139. The number of nitrogens with one attached hydrogen (secondary N) is 4. The first-order chi connectivity index (χ1) is 15.7. The van der Waals surface area contributed by atoms with Crippen molar-refractivity contribution in [3.63, 3.8) is 0 Å². The fourth-order valence-corrected chi connectivity index (χ4v) is 2.61. The molecule has 1 unspecified atom stereocenters. The summed E-state index contributed by atoms with van der Waals surface area (Å²) in [5.74, 6) is -2.99. The van der Waals surface area contributed by atoms with E-state index in [9.17, 15) is 24.3 Å². The summed E-state index contributed by atoms with van der Waals surface area (Å²) in [4.78, 5) is 58.6. The zero-order valence-corrected chi connectivity index (χ0v) is 16.7. The number of aromatic amines is 1. The Balaban J connectivity index is 1.54. The molecular formula is C16H18N12O5. The average molecular weight is 458 g/mol. The van der Waals surface area contributed by atoms with Gasteiger partial charge in [-0.05, 0) is 18.6 Å². The number of aliphatic imine (C=N–C) groups is 2. The first-order valence-corrected chi connectivity index (χ1v) is 9.24. The Bertz CT molecular complexity index is 1110. The van der Waals surface area contributed by atoms with Crippen molar-refractivity contribution in [3.8, 4) is 0 Å². The molecule has 0 saturated heterocycles. The molecule has 17 nitrogen and oxygen atoms in total. The number of hydrogen-bond donors (Lipinski definition) is 7. The van der Waals surface area contributed by atoms with Gasteiger partial charge in [-0.3, -0.25) is 9.59 Å². The molecule has 0 fully saturated rings. The number of amides is 4. The minimum atomic E-state index is -1.28. The molecule has 0 spiro atoms. The Morgan fingerprint density at radius 2 is 2.00 bits per heavy atom. The van der Waals surface area contributed by atoms with E-state index in [4.69, 9.17) is 11.5 Å². The van der Waals surface area contributed by atoms with E-state index in [-0.39, 0.29) is 36.0 Å². The Morgan fingerprint density at radius 1 is 1.21 bits per heavy atom.